The van der Waals surface area contributed by atoms with Gasteiger partial charge in [-0.25, -0.2) is 9.87 Å². The lowest BCUT2D eigenvalue weighted by atomic mass is 10.2. The lowest BCUT2D eigenvalue weighted by molar-refractivity contribution is -0.0618. The fraction of sp³-hybridized carbons (Fsp3) is 0.400. The molecule has 0 spiro atoms. The van der Waals surface area contributed by atoms with E-state index in [9.17, 15) is 14.0 Å². The number of hydroxylamine groups is 1. The monoisotopic (exact) mass is 409 g/mol. The van der Waals surface area contributed by atoms with Crippen LogP contribution < -0.4 is 10.8 Å². The number of aliphatic hydroxyl groups excluding tert-OH is 2. The van der Waals surface area contributed by atoms with Crippen LogP contribution in [0.25, 0.3) is 0 Å². The first-order valence-corrected chi connectivity index (χ1v) is 9.20. The van der Waals surface area contributed by atoms with Crippen molar-refractivity contribution in [2.24, 2.45) is 7.05 Å². The summed E-state index contributed by atoms with van der Waals surface area (Å²) in [4.78, 5) is 29.2. The summed E-state index contributed by atoms with van der Waals surface area (Å²) in [6, 6.07) is 5.92. The van der Waals surface area contributed by atoms with Gasteiger partial charge in [0.05, 0.1) is 30.2 Å². The van der Waals surface area contributed by atoms with E-state index in [1.807, 2.05) is 13.8 Å². The van der Waals surface area contributed by atoms with Crippen LogP contribution in [0.3, 0.4) is 0 Å². The Morgan fingerprint density at radius 3 is 2.34 bits per heavy atom. The molecule has 9 heteroatoms. The fourth-order valence-corrected chi connectivity index (χ4v) is 2.44. The molecule has 4 N–H and O–H groups in total. The van der Waals surface area contributed by atoms with E-state index in [1.165, 1.54) is 29.7 Å². The number of hydrogen-bond donors (Lipinski definition) is 4. The Kier molecular flexibility index (Phi) is 9.46. The van der Waals surface area contributed by atoms with Crippen molar-refractivity contribution in [2.75, 3.05) is 18.5 Å². The van der Waals surface area contributed by atoms with Gasteiger partial charge in [0.25, 0.3) is 5.91 Å². The van der Waals surface area contributed by atoms with Crippen molar-refractivity contribution in [1.29, 1.82) is 0 Å². The summed E-state index contributed by atoms with van der Waals surface area (Å²) in [7, 11) is 1.56. The molecular formula is C20H28FN3O5. The molecule has 0 aliphatic carbocycles. The second kappa shape index (κ2) is 11.3. The largest absolute Gasteiger partial charge is 0.393 e. The van der Waals surface area contributed by atoms with Crippen molar-refractivity contribution in [2.45, 2.75) is 33.8 Å². The zero-order valence-corrected chi connectivity index (χ0v) is 17.2. The van der Waals surface area contributed by atoms with Gasteiger partial charge in [0.15, 0.2) is 5.78 Å². The highest BCUT2D eigenvalue weighted by Crippen LogP contribution is 2.27. The fourth-order valence-electron chi connectivity index (χ4n) is 2.44. The third-order valence-corrected chi connectivity index (χ3v) is 3.94. The zero-order valence-electron chi connectivity index (χ0n) is 17.2. The third kappa shape index (κ3) is 6.11. The highest BCUT2D eigenvalue weighted by atomic mass is 19.1. The lowest BCUT2D eigenvalue weighted by Crippen LogP contribution is -2.33. The van der Waals surface area contributed by atoms with Gasteiger partial charge >= 0.3 is 0 Å². The molecule has 0 aliphatic rings. The summed E-state index contributed by atoms with van der Waals surface area (Å²) in [6.45, 7) is 6.10. The Morgan fingerprint density at radius 2 is 1.83 bits per heavy atom. The predicted octanol–water partition coefficient (Wildman–Crippen LogP) is 2.46. The van der Waals surface area contributed by atoms with Crippen molar-refractivity contribution in [3.8, 4) is 0 Å². The van der Waals surface area contributed by atoms with Crippen LogP contribution in [0.15, 0.2) is 24.3 Å². The first-order valence-electron chi connectivity index (χ1n) is 9.20. The van der Waals surface area contributed by atoms with Crippen LogP contribution in [-0.2, 0) is 11.9 Å². The van der Waals surface area contributed by atoms with Crippen LogP contribution in [0.5, 0.6) is 0 Å². The first kappa shape index (κ1) is 24.3. The molecule has 1 aromatic heterocycles. The van der Waals surface area contributed by atoms with E-state index >= 15 is 0 Å². The Hall–Kier alpha value is -2.75. The molecule has 0 fully saturated rings. The minimum atomic E-state index is -0.990. The number of rotatable bonds is 8. The molecule has 2 rings (SSSR count). The molecule has 0 atom stereocenters. The molecular weight excluding hydrogens is 381 g/mol. The quantitative estimate of drug-likeness (QED) is 0.394. The number of aryl methyl sites for hydroxylation is 1. The number of benzene rings is 1. The molecule has 0 unspecified atom stereocenters. The Balaban J connectivity index is 0.00000204. The minimum absolute atomic E-state index is 0.0392. The van der Waals surface area contributed by atoms with Gasteiger partial charge in [-0.2, -0.15) is 0 Å². The van der Waals surface area contributed by atoms with Crippen molar-refractivity contribution >= 4 is 23.2 Å². The van der Waals surface area contributed by atoms with E-state index in [4.69, 9.17) is 15.1 Å². The number of hydrogen-bond acceptors (Lipinski definition) is 6. The van der Waals surface area contributed by atoms with Gasteiger partial charge in [-0.05, 0) is 30.7 Å². The Bertz CT molecular complexity index is 847. The number of anilines is 2. The summed E-state index contributed by atoms with van der Waals surface area (Å²) < 4.78 is 15.6. The molecule has 0 bridgehead atoms. The Morgan fingerprint density at radius 1 is 1.21 bits per heavy atom. The number of nitrogens with one attached hydrogen (secondary N) is 2. The highest BCUT2D eigenvalue weighted by Gasteiger charge is 2.22. The molecule has 29 heavy (non-hydrogen) atoms. The normalized spacial score (nSPS) is 10.4. The standard InChI is InChI=1S/C18H22FN3O5.C2H6/c1-10-4-5-15(14(19)6-10)20-17-13(7-16(11(2)25)22(17)3)18(26)21-27-12(8-23)9-24;1-2/h4-7,12,20,23-24H,8-9H2,1-3H3,(H,21,26);1-2H3. The number of halogens is 1. The summed E-state index contributed by atoms with van der Waals surface area (Å²) in [6.07, 6.45) is -0.990. The number of nitrogens with zero attached hydrogens (tertiary/aromatic N) is 1. The van der Waals surface area contributed by atoms with E-state index < -0.39 is 31.0 Å². The van der Waals surface area contributed by atoms with Crippen molar-refractivity contribution < 1.29 is 29.0 Å². The number of carbonyl (C=O) groups excluding carboxylic acids is 2. The molecule has 1 aromatic carbocycles. The third-order valence-electron chi connectivity index (χ3n) is 3.94. The van der Waals surface area contributed by atoms with Crippen LogP contribution in [0.2, 0.25) is 0 Å². The van der Waals surface area contributed by atoms with Gasteiger partial charge in [-0.15, -0.1) is 0 Å². The Labute approximate surface area is 169 Å². The maximum absolute atomic E-state index is 14.2. The lowest BCUT2D eigenvalue weighted by Gasteiger charge is -2.14. The van der Waals surface area contributed by atoms with Crippen molar-refractivity contribution in [3.63, 3.8) is 0 Å². The van der Waals surface area contributed by atoms with Crippen LogP contribution in [0.1, 0.15) is 47.2 Å². The second-order valence-electron chi connectivity index (χ2n) is 6.05. The van der Waals surface area contributed by atoms with Gasteiger partial charge in [0.1, 0.15) is 17.7 Å². The van der Waals surface area contributed by atoms with E-state index in [1.54, 1.807) is 20.0 Å². The van der Waals surface area contributed by atoms with E-state index in [-0.39, 0.29) is 28.5 Å². The van der Waals surface area contributed by atoms with E-state index in [2.05, 4.69) is 10.8 Å². The summed E-state index contributed by atoms with van der Waals surface area (Å²) in [5.74, 6) is -1.33. The highest BCUT2D eigenvalue weighted by molar-refractivity contribution is 6.03. The molecule has 0 aliphatic heterocycles. The van der Waals surface area contributed by atoms with Gasteiger partial charge < -0.3 is 20.1 Å². The van der Waals surface area contributed by atoms with Crippen LogP contribution in [-0.4, -0.2) is 45.8 Å². The van der Waals surface area contributed by atoms with Gasteiger partial charge in [-0.3, -0.25) is 14.4 Å². The predicted molar refractivity (Wildman–Crippen MR) is 108 cm³/mol. The number of ketones is 1. The maximum atomic E-state index is 14.2. The van der Waals surface area contributed by atoms with Gasteiger partial charge in [0, 0.05) is 14.0 Å². The molecule has 1 amide bonds. The first-order chi connectivity index (χ1) is 13.8. The summed E-state index contributed by atoms with van der Waals surface area (Å²) >= 11 is 0. The molecule has 0 radical (unpaired) electrons. The number of amides is 1. The molecule has 0 saturated heterocycles. The summed E-state index contributed by atoms with van der Waals surface area (Å²) in [5, 5.41) is 20.8. The topological polar surface area (TPSA) is 113 Å². The second-order valence-corrected chi connectivity index (χ2v) is 6.05. The minimum Gasteiger partial charge on any atom is -0.393 e. The maximum Gasteiger partial charge on any atom is 0.278 e. The van der Waals surface area contributed by atoms with Crippen LogP contribution >= 0.6 is 0 Å². The molecule has 0 saturated carbocycles. The number of aromatic nitrogens is 1. The number of aliphatic hydroxyl groups is 2. The molecule has 8 nitrogen and oxygen atoms in total. The van der Waals surface area contributed by atoms with Crippen LogP contribution in [0, 0.1) is 12.7 Å². The van der Waals surface area contributed by atoms with E-state index in [0.29, 0.717) is 0 Å². The van der Waals surface area contributed by atoms with Gasteiger partial charge in [-0.1, -0.05) is 19.9 Å². The van der Waals surface area contributed by atoms with Gasteiger partial charge in [0.2, 0.25) is 0 Å². The van der Waals surface area contributed by atoms with Crippen molar-refractivity contribution in [1.82, 2.24) is 10.0 Å². The molecule has 1 heterocycles. The molecule has 160 valence electrons. The smallest absolute Gasteiger partial charge is 0.278 e. The molecule has 2 aromatic rings. The summed E-state index contributed by atoms with van der Waals surface area (Å²) in [5.41, 5.74) is 3.26. The average Bonchev–Trinajstić information content (AvgIpc) is 3.03. The SMILES string of the molecule is CC.CC(=O)c1cc(C(=O)NOC(CO)CO)c(Nc2ccc(C)cc2F)n1C. The van der Waals surface area contributed by atoms with Crippen LogP contribution in [0.4, 0.5) is 15.9 Å². The zero-order chi connectivity index (χ0) is 22.1. The number of carbonyl (C=O) groups is 2. The van der Waals surface area contributed by atoms with Crippen molar-refractivity contribution in [3.05, 3.63) is 46.9 Å². The number of Topliss-reactive ketones (excluding diaryl/α,β-unsaturated/α-hetero) is 1. The van der Waals surface area contributed by atoms with E-state index in [0.717, 1.165) is 5.56 Å². The average molecular weight is 409 g/mol.